The van der Waals surface area contributed by atoms with Gasteiger partial charge in [-0.25, -0.2) is 0 Å². The van der Waals surface area contributed by atoms with Crippen LogP contribution in [0.5, 0.6) is 0 Å². The molecule has 0 bridgehead atoms. The molecule has 0 aliphatic rings. The number of carbonyl (C=O) groups excluding carboxylic acids is 2. The van der Waals surface area contributed by atoms with E-state index in [0.717, 1.165) is 96.6 Å². The number of hydrogen-bond donors (Lipinski definition) is 3. The van der Waals surface area contributed by atoms with Gasteiger partial charge in [-0.2, -0.15) is 0 Å². The van der Waals surface area contributed by atoms with E-state index in [1.165, 1.54) is 64.2 Å². The highest BCUT2D eigenvalue weighted by Crippen LogP contribution is 2.18. The molecule has 3 N–H and O–H groups in total. The van der Waals surface area contributed by atoms with Crippen molar-refractivity contribution in [1.29, 1.82) is 0 Å². The first-order valence-electron chi connectivity index (χ1n) is 20.5. The first kappa shape index (κ1) is 46.8. The minimum absolute atomic E-state index is 0.0311. The lowest BCUT2D eigenvalue weighted by molar-refractivity contribution is -0.150. The van der Waals surface area contributed by atoms with Crippen molar-refractivity contribution in [2.45, 2.75) is 206 Å². The van der Waals surface area contributed by atoms with Crippen LogP contribution in [0.15, 0.2) is 0 Å². The molecule has 0 saturated heterocycles. The zero-order valence-electron chi connectivity index (χ0n) is 32.0. The monoisotopic (exact) mass is 685 g/mol. The van der Waals surface area contributed by atoms with E-state index < -0.39 is 6.10 Å². The second-order valence-corrected chi connectivity index (χ2v) is 14.0. The van der Waals surface area contributed by atoms with Gasteiger partial charge in [0.05, 0.1) is 12.7 Å². The third-order valence-corrected chi connectivity index (χ3v) is 9.16. The summed E-state index contributed by atoms with van der Waals surface area (Å²) < 4.78 is 11.2. The van der Waals surface area contributed by atoms with E-state index >= 15 is 0 Å². The maximum Gasteiger partial charge on any atom is 0.306 e. The molecule has 0 aliphatic carbocycles. The molecule has 8 heteroatoms. The van der Waals surface area contributed by atoms with Gasteiger partial charge in [-0.1, -0.05) is 117 Å². The molecule has 0 aromatic heterocycles. The fraction of sp³-hybridized carbons (Fsp3) is 0.950. The Labute approximate surface area is 296 Å². The van der Waals surface area contributed by atoms with Crippen molar-refractivity contribution >= 4 is 11.9 Å². The van der Waals surface area contributed by atoms with Crippen LogP contribution in [0.4, 0.5) is 0 Å². The quantitative estimate of drug-likeness (QED) is 0.0336. The normalized spacial score (nSPS) is 12.2. The zero-order chi connectivity index (χ0) is 35.3. The number of rotatable bonds is 38. The predicted octanol–water partition coefficient (Wildman–Crippen LogP) is 9.24. The Morgan fingerprint density at radius 1 is 0.625 bits per heavy atom. The average Bonchev–Trinajstić information content (AvgIpc) is 3.07. The van der Waals surface area contributed by atoms with Crippen LogP contribution in [0.1, 0.15) is 194 Å². The van der Waals surface area contributed by atoms with Gasteiger partial charge in [-0.05, 0) is 70.8 Å². The van der Waals surface area contributed by atoms with Gasteiger partial charge in [-0.3, -0.25) is 14.5 Å². The van der Waals surface area contributed by atoms with Crippen LogP contribution >= 0.6 is 0 Å². The molecule has 0 aliphatic heterocycles. The van der Waals surface area contributed by atoms with Gasteiger partial charge in [-0.15, -0.1) is 0 Å². The SMILES string of the molecule is CCCCCCCCC(CCCCCCCC)OC(=O)CCCCCNCN(CCCO)CC(O)CCCCCC(=O)OCCCCC. The van der Waals surface area contributed by atoms with E-state index in [4.69, 9.17) is 9.47 Å². The summed E-state index contributed by atoms with van der Waals surface area (Å²) in [4.78, 5) is 26.6. The minimum atomic E-state index is -0.427. The number of esters is 2. The summed E-state index contributed by atoms with van der Waals surface area (Å²) in [6.07, 6.45) is 27.7. The fourth-order valence-electron chi connectivity index (χ4n) is 6.10. The highest BCUT2D eigenvalue weighted by Gasteiger charge is 2.15. The van der Waals surface area contributed by atoms with Gasteiger partial charge in [0.15, 0.2) is 0 Å². The topological polar surface area (TPSA) is 108 Å². The predicted molar refractivity (Wildman–Crippen MR) is 200 cm³/mol. The van der Waals surface area contributed by atoms with Gasteiger partial charge in [0.2, 0.25) is 0 Å². The largest absolute Gasteiger partial charge is 0.466 e. The number of aliphatic hydroxyl groups is 2. The van der Waals surface area contributed by atoms with Gasteiger partial charge >= 0.3 is 11.9 Å². The number of unbranched alkanes of at least 4 members (excludes halogenated alkanes) is 16. The maximum atomic E-state index is 12.7. The molecule has 0 rings (SSSR count). The molecule has 0 spiro atoms. The first-order valence-corrected chi connectivity index (χ1v) is 20.5. The molecule has 1 atom stereocenters. The van der Waals surface area contributed by atoms with Crippen molar-refractivity contribution in [2.24, 2.45) is 0 Å². The summed E-state index contributed by atoms with van der Waals surface area (Å²) >= 11 is 0. The zero-order valence-corrected chi connectivity index (χ0v) is 32.0. The first-order chi connectivity index (χ1) is 23.5. The lowest BCUT2D eigenvalue weighted by Crippen LogP contribution is -2.40. The van der Waals surface area contributed by atoms with Crippen LogP contribution in [0, 0.1) is 0 Å². The van der Waals surface area contributed by atoms with Gasteiger partial charge < -0.3 is 25.0 Å². The third-order valence-electron chi connectivity index (χ3n) is 9.16. The molecule has 0 heterocycles. The van der Waals surface area contributed by atoms with Crippen molar-refractivity contribution in [3.63, 3.8) is 0 Å². The minimum Gasteiger partial charge on any atom is -0.466 e. The van der Waals surface area contributed by atoms with Crippen LogP contribution in [-0.2, 0) is 19.1 Å². The molecular weight excluding hydrogens is 604 g/mol. The van der Waals surface area contributed by atoms with Crippen LogP contribution in [0.2, 0.25) is 0 Å². The van der Waals surface area contributed by atoms with E-state index in [1.54, 1.807) is 0 Å². The highest BCUT2D eigenvalue weighted by molar-refractivity contribution is 5.69. The van der Waals surface area contributed by atoms with E-state index in [0.29, 0.717) is 45.5 Å². The molecule has 1 unspecified atom stereocenters. The number of hydrogen-bond acceptors (Lipinski definition) is 8. The lowest BCUT2D eigenvalue weighted by atomic mass is 10.0. The Morgan fingerprint density at radius 3 is 1.77 bits per heavy atom. The molecule has 0 amide bonds. The van der Waals surface area contributed by atoms with E-state index in [1.807, 2.05) is 0 Å². The van der Waals surface area contributed by atoms with Gasteiger partial charge in [0.1, 0.15) is 6.10 Å². The Hall–Kier alpha value is -1.22. The second-order valence-electron chi connectivity index (χ2n) is 14.0. The molecule has 8 nitrogen and oxygen atoms in total. The number of ether oxygens (including phenoxy) is 2. The molecular formula is C40H80N2O6. The molecule has 48 heavy (non-hydrogen) atoms. The Kier molecular flexibility index (Phi) is 36.1. The standard InChI is InChI=1S/C40H80N2O6/c1-4-7-10-12-14-19-27-38(28-20-15-13-11-8-5-2)48-40(46)30-22-17-23-31-41-36-42(32-25-33-43)35-37(44)26-18-16-21-29-39(45)47-34-24-9-6-3/h37-38,41,43-44H,4-36H2,1-3H3. The number of nitrogens with zero attached hydrogens (tertiary/aromatic N) is 1. The van der Waals surface area contributed by atoms with Crippen molar-refractivity contribution in [3.8, 4) is 0 Å². The molecule has 0 aromatic carbocycles. The lowest BCUT2D eigenvalue weighted by Gasteiger charge is -2.25. The van der Waals surface area contributed by atoms with Crippen LogP contribution in [0.3, 0.4) is 0 Å². The van der Waals surface area contributed by atoms with Gasteiger partial charge in [0.25, 0.3) is 0 Å². The maximum absolute atomic E-state index is 12.7. The molecule has 286 valence electrons. The van der Waals surface area contributed by atoms with Crippen LogP contribution in [-0.4, -0.2) is 78.8 Å². The van der Waals surface area contributed by atoms with Crippen LogP contribution < -0.4 is 5.32 Å². The summed E-state index contributed by atoms with van der Waals surface area (Å²) in [7, 11) is 0. The fourth-order valence-corrected chi connectivity index (χ4v) is 6.10. The Bertz CT molecular complexity index is 679. The third kappa shape index (κ3) is 33.3. The molecule has 0 radical (unpaired) electrons. The Morgan fingerprint density at radius 2 is 1.15 bits per heavy atom. The van der Waals surface area contributed by atoms with Crippen molar-refractivity contribution in [1.82, 2.24) is 10.2 Å². The number of carbonyl (C=O) groups is 2. The summed E-state index contributed by atoms with van der Waals surface area (Å²) in [6, 6.07) is 0. The van der Waals surface area contributed by atoms with Gasteiger partial charge in [0, 0.05) is 39.2 Å². The molecule has 0 fully saturated rings. The molecule has 0 saturated carbocycles. The van der Waals surface area contributed by atoms with E-state index in [9.17, 15) is 19.8 Å². The number of nitrogens with one attached hydrogen (secondary N) is 1. The smallest absolute Gasteiger partial charge is 0.306 e. The Balaban J connectivity index is 4.19. The number of aliphatic hydroxyl groups excluding tert-OH is 2. The van der Waals surface area contributed by atoms with Crippen molar-refractivity contribution < 1.29 is 29.3 Å². The van der Waals surface area contributed by atoms with Crippen LogP contribution in [0.25, 0.3) is 0 Å². The summed E-state index contributed by atoms with van der Waals surface area (Å²) in [5.41, 5.74) is 0. The van der Waals surface area contributed by atoms with E-state index in [-0.39, 0.29) is 24.6 Å². The average molecular weight is 685 g/mol. The van der Waals surface area contributed by atoms with E-state index in [2.05, 4.69) is 31.0 Å². The summed E-state index contributed by atoms with van der Waals surface area (Å²) in [6.45, 7) is 10.1. The second kappa shape index (κ2) is 37.0. The molecule has 0 aromatic rings. The summed E-state index contributed by atoms with van der Waals surface area (Å²) in [5.74, 6) is -0.143. The summed E-state index contributed by atoms with van der Waals surface area (Å²) in [5, 5.41) is 23.4. The van der Waals surface area contributed by atoms with Crippen molar-refractivity contribution in [2.75, 3.05) is 39.5 Å². The van der Waals surface area contributed by atoms with Crippen molar-refractivity contribution in [3.05, 3.63) is 0 Å². The highest BCUT2D eigenvalue weighted by atomic mass is 16.5.